The molecule has 0 amide bonds. The SMILES string of the molecule is C=C(CNCc1ccc(C)nc1)c1ccccc1. The van der Waals surface area contributed by atoms with Crippen molar-refractivity contribution >= 4 is 5.57 Å². The zero-order chi connectivity index (χ0) is 12.8. The average Bonchev–Trinajstić information content (AvgIpc) is 2.42. The van der Waals surface area contributed by atoms with Gasteiger partial charge in [0.2, 0.25) is 0 Å². The number of aromatic nitrogens is 1. The van der Waals surface area contributed by atoms with Gasteiger partial charge in [-0.05, 0) is 29.7 Å². The number of nitrogens with zero attached hydrogens (tertiary/aromatic N) is 1. The molecule has 0 fully saturated rings. The number of aryl methyl sites for hydroxylation is 1. The van der Waals surface area contributed by atoms with Crippen LogP contribution in [0.5, 0.6) is 0 Å². The molecule has 0 atom stereocenters. The molecule has 1 heterocycles. The first-order valence-corrected chi connectivity index (χ1v) is 6.11. The van der Waals surface area contributed by atoms with Crippen molar-refractivity contribution in [2.24, 2.45) is 0 Å². The molecule has 0 aliphatic carbocycles. The van der Waals surface area contributed by atoms with E-state index in [9.17, 15) is 0 Å². The smallest absolute Gasteiger partial charge is 0.0372 e. The summed E-state index contributed by atoms with van der Waals surface area (Å²) in [6.07, 6.45) is 1.91. The number of pyridine rings is 1. The summed E-state index contributed by atoms with van der Waals surface area (Å²) in [6, 6.07) is 14.4. The van der Waals surface area contributed by atoms with Gasteiger partial charge in [0.25, 0.3) is 0 Å². The summed E-state index contributed by atoms with van der Waals surface area (Å²) in [5.74, 6) is 0. The fourth-order valence-corrected chi connectivity index (χ4v) is 1.74. The summed E-state index contributed by atoms with van der Waals surface area (Å²) in [7, 11) is 0. The maximum Gasteiger partial charge on any atom is 0.0372 e. The topological polar surface area (TPSA) is 24.9 Å². The van der Waals surface area contributed by atoms with Crippen molar-refractivity contribution in [2.75, 3.05) is 6.54 Å². The molecule has 0 radical (unpaired) electrons. The zero-order valence-electron chi connectivity index (χ0n) is 10.7. The van der Waals surface area contributed by atoms with Gasteiger partial charge in [-0.15, -0.1) is 0 Å². The highest BCUT2D eigenvalue weighted by Gasteiger charge is 1.98. The van der Waals surface area contributed by atoms with Gasteiger partial charge < -0.3 is 5.32 Å². The Morgan fingerprint density at radius 1 is 1.17 bits per heavy atom. The van der Waals surface area contributed by atoms with Crippen LogP contribution < -0.4 is 5.32 Å². The van der Waals surface area contributed by atoms with Crippen molar-refractivity contribution in [2.45, 2.75) is 13.5 Å². The van der Waals surface area contributed by atoms with Gasteiger partial charge in [0, 0.05) is 25.0 Å². The Bertz CT molecular complexity index is 500. The highest BCUT2D eigenvalue weighted by Crippen LogP contribution is 2.10. The monoisotopic (exact) mass is 238 g/mol. The van der Waals surface area contributed by atoms with Gasteiger partial charge in [0.05, 0.1) is 0 Å². The lowest BCUT2D eigenvalue weighted by atomic mass is 10.1. The fraction of sp³-hybridized carbons (Fsp3) is 0.188. The Morgan fingerprint density at radius 2 is 1.94 bits per heavy atom. The highest BCUT2D eigenvalue weighted by atomic mass is 14.9. The minimum absolute atomic E-state index is 0.790. The molecule has 0 saturated carbocycles. The number of benzene rings is 1. The fourth-order valence-electron chi connectivity index (χ4n) is 1.74. The Morgan fingerprint density at radius 3 is 2.61 bits per heavy atom. The predicted octanol–water partition coefficient (Wildman–Crippen LogP) is 3.19. The number of nitrogens with one attached hydrogen (secondary N) is 1. The summed E-state index contributed by atoms with van der Waals surface area (Å²) in [6.45, 7) is 7.69. The molecule has 0 bridgehead atoms. The number of rotatable bonds is 5. The number of hydrogen-bond donors (Lipinski definition) is 1. The van der Waals surface area contributed by atoms with E-state index in [2.05, 4.69) is 35.1 Å². The highest BCUT2D eigenvalue weighted by molar-refractivity contribution is 5.64. The lowest BCUT2D eigenvalue weighted by Crippen LogP contribution is -2.15. The third-order valence-corrected chi connectivity index (χ3v) is 2.82. The molecule has 2 nitrogen and oxygen atoms in total. The summed E-state index contributed by atoms with van der Waals surface area (Å²) in [4.78, 5) is 4.27. The molecule has 1 aromatic carbocycles. The standard InChI is InChI=1S/C16H18N2/c1-13(16-6-4-3-5-7-16)10-17-11-15-9-8-14(2)18-12-15/h3-9,12,17H,1,10-11H2,2H3. The van der Waals surface area contributed by atoms with E-state index in [0.717, 1.165) is 24.4 Å². The van der Waals surface area contributed by atoms with E-state index in [1.54, 1.807) is 0 Å². The van der Waals surface area contributed by atoms with E-state index >= 15 is 0 Å². The second-order valence-electron chi connectivity index (χ2n) is 4.38. The van der Waals surface area contributed by atoms with Crippen LogP contribution in [-0.4, -0.2) is 11.5 Å². The maximum absolute atomic E-state index is 4.27. The van der Waals surface area contributed by atoms with Crippen LogP contribution in [0.15, 0.2) is 55.2 Å². The van der Waals surface area contributed by atoms with E-state index in [0.29, 0.717) is 0 Å². The first-order valence-electron chi connectivity index (χ1n) is 6.11. The van der Waals surface area contributed by atoms with Crippen LogP contribution in [0.2, 0.25) is 0 Å². The second kappa shape index (κ2) is 6.12. The van der Waals surface area contributed by atoms with Crippen molar-refractivity contribution in [3.8, 4) is 0 Å². The van der Waals surface area contributed by atoms with Gasteiger partial charge in [-0.25, -0.2) is 0 Å². The predicted molar refractivity (Wildman–Crippen MR) is 76.2 cm³/mol. The second-order valence-corrected chi connectivity index (χ2v) is 4.38. The van der Waals surface area contributed by atoms with Crippen LogP contribution in [0.25, 0.3) is 5.57 Å². The molecular formula is C16H18N2. The van der Waals surface area contributed by atoms with E-state index in [1.165, 1.54) is 11.1 Å². The maximum atomic E-state index is 4.27. The van der Waals surface area contributed by atoms with Crippen LogP contribution >= 0.6 is 0 Å². The van der Waals surface area contributed by atoms with Gasteiger partial charge in [-0.3, -0.25) is 4.98 Å². The molecule has 0 unspecified atom stereocenters. The normalized spacial score (nSPS) is 10.3. The molecule has 0 spiro atoms. The zero-order valence-corrected chi connectivity index (χ0v) is 10.7. The minimum Gasteiger partial charge on any atom is -0.309 e. The summed E-state index contributed by atoms with van der Waals surface area (Å²) in [5, 5.41) is 3.38. The first-order chi connectivity index (χ1) is 8.75. The van der Waals surface area contributed by atoms with Crippen LogP contribution in [0.3, 0.4) is 0 Å². The Balaban J connectivity index is 1.82. The van der Waals surface area contributed by atoms with Crippen molar-refractivity contribution in [1.82, 2.24) is 10.3 Å². The van der Waals surface area contributed by atoms with Crippen molar-refractivity contribution < 1.29 is 0 Å². The van der Waals surface area contributed by atoms with Crippen molar-refractivity contribution in [3.05, 3.63) is 72.1 Å². The summed E-state index contributed by atoms with van der Waals surface area (Å²) < 4.78 is 0. The van der Waals surface area contributed by atoms with Crippen molar-refractivity contribution in [1.29, 1.82) is 0 Å². The molecule has 2 heteroatoms. The molecule has 92 valence electrons. The Labute approximate surface area is 108 Å². The molecule has 0 aliphatic rings. The minimum atomic E-state index is 0.790. The van der Waals surface area contributed by atoms with E-state index in [-0.39, 0.29) is 0 Å². The van der Waals surface area contributed by atoms with Gasteiger partial charge in [0.1, 0.15) is 0 Å². The van der Waals surface area contributed by atoms with E-state index in [4.69, 9.17) is 0 Å². The van der Waals surface area contributed by atoms with Gasteiger partial charge in [0.15, 0.2) is 0 Å². The third kappa shape index (κ3) is 3.54. The quantitative estimate of drug-likeness (QED) is 0.865. The average molecular weight is 238 g/mol. The van der Waals surface area contributed by atoms with Crippen LogP contribution in [0, 0.1) is 6.92 Å². The van der Waals surface area contributed by atoms with Gasteiger partial charge in [-0.1, -0.05) is 43.0 Å². The third-order valence-electron chi connectivity index (χ3n) is 2.82. The molecule has 18 heavy (non-hydrogen) atoms. The Hall–Kier alpha value is -1.93. The lowest BCUT2D eigenvalue weighted by molar-refractivity contribution is 0.764. The molecule has 1 N–H and O–H groups in total. The molecule has 2 rings (SSSR count). The molecule has 0 saturated heterocycles. The summed E-state index contributed by atoms with van der Waals surface area (Å²) >= 11 is 0. The summed E-state index contributed by atoms with van der Waals surface area (Å²) in [5.41, 5.74) is 4.54. The van der Waals surface area contributed by atoms with E-state index < -0.39 is 0 Å². The Kier molecular flexibility index (Phi) is 4.26. The van der Waals surface area contributed by atoms with E-state index in [1.807, 2.05) is 37.4 Å². The van der Waals surface area contributed by atoms with Crippen molar-refractivity contribution in [3.63, 3.8) is 0 Å². The van der Waals surface area contributed by atoms with Crippen LogP contribution in [0.4, 0.5) is 0 Å². The molecular weight excluding hydrogens is 220 g/mol. The van der Waals surface area contributed by atoms with Gasteiger partial charge in [-0.2, -0.15) is 0 Å². The largest absolute Gasteiger partial charge is 0.309 e. The van der Waals surface area contributed by atoms with Crippen LogP contribution in [-0.2, 0) is 6.54 Å². The van der Waals surface area contributed by atoms with Gasteiger partial charge >= 0.3 is 0 Å². The molecule has 0 aliphatic heterocycles. The first kappa shape index (κ1) is 12.5. The number of hydrogen-bond acceptors (Lipinski definition) is 2. The lowest BCUT2D eigenvalue weighted by Gasteiger charge is -2.08. The molecule has 2 aromatic rings. The van der Waals surface area contributed by atoms with Crippen LogP contribution in [0.1, 0.15) is 16.8 Å². The molecule has 1 aromatic heterocycles.